The van der Waals surface area contributed by atoms with Crippen molar-refractivity contribution in [3.8, 4) is 0 Å². The van der Waals surface area contributed by atoms with Gasteiger partial charge in [0.2, 0.25) is 0 Å². The van der Waals surface area contributed by atoms with Gasteiger partial charge < -0.3 is 20.2 Å². The Kier molecular flexibility index (Phi) is 5.29. The number of carboxylic acids is 3. The summed E-state index contributed by atoms with van der Waals surface area (Å²) >= 11 is 0. The molecule has 0 saturated carbocycles. The van der Waals surface area contributed by atoms with Crippen LogP contribution in [-0.4, -0.2) is 45.8 Å². The average Bonchev–Trinajstić information content (AvgIpc) is 2.37. The molecule has 0 amide bonds. The highest BCUT2D eigenvalue weighted by Crippen LogP contribution is 2.22. The number of hydrogen-bond donors (Lipinski definition) is 3. The normalized spacial score (nSPS) is 10.4. The van der Waals surface area contributed by atoms with Crippen molar-refractivity contribution in [1.82, 2.24) is 0 Å². The average molecular weight is 295 g/mol. The summed E-state index contributed by atoms with van der Waals surface area (Å²) in [4.78, 5) is 34.5. The molecule has 21 heavy (non-hydrogen) atoms. The van der Waals surface area contributed by atoms with Gasteiger partial charge in [0.15, 0.2) is 0 Å². The van der Waals surface area contributed by atoms with Gasteiger partial charge in [-0.1, -0.05) is 0 Å². The van der Waals surface area contributed by atoms with Crippen LogP contribution in [0.1, 0.15) is 41.0 Å². The molecule has 0 spiro atoms. The first-order chi connectivity index (χ1) is 9.72. The second-order valence-corrected chi connectivity index (χ2v) is 4.81. The Hall–Kier alpha value is -2.57. The lowest BCUT2D eigenvalue weighted by molar-refractivity contribution is -0.136. The third kappa shape index (κ3) is 4.48. The number of carboxylic acid groups (broad SMARTS) is 3. The number of aromatic carboxylic acids is 2. The van der Waals surface area contributed by atoms with E-state index in [1.807, 2.05) is 13.8 Å². The lowest BCUT2D eigenvalue weighted by Gasteiger charge is -2.29. The second-order valence-electron chi connectivity index (χ2n) is 4.81. The van der Waals surface area contributed by atoms with Gasteiger partial charge in [-0.15, -0.1) is 0 Å². The van der Waals surface area contributed by atoms with Crippen molar-refractivity contribution < 1.29 is 29.7 Å². The van der Waals surface area contributed by atoms with Gasteiger partial charge in [0.1, 0.15) is 0 Å². The maximum atomic E-state index is 11.1. The summed E-state index contributed by atoms with van der Waals surface area (Å²) in [5, 5.41) is 26.9. The van der Waals surface area contributed by atoms with Crippen LogP contribution in [0.5, 0.6) is 0 Å². The number of anilines is 1. The molecule has 1 rings (SSSR count). The van der Waals surface area contributed by atoms with Crippen molar-refractivity contribution >= 4 is 23.6 Å². The van der Waals surface area contributed by atoms with Crippen LogP contribution in [0.3, 0.4) is 0 Å². The zero-order chi connectivity index (χ0) is 16.2. The van der Waals surface area contributed by atoms with E-state index in [0.717, 1.165) is 6.07 Å². The van der Waals surface area contributed by atoms with Crippen molar-refractivity contribution in [2.45, 2.75) is 26.3 Å². The van der Waals surface area contributed by atoms with E-state index in [0.29, 0.717) is 5.69 Å². The Morgan fingerprint density at radius 3 is 1.81 bits per heavy atom. The number of carbonyl (C=O) groups is 3. The molecule has 0 aliphatic heterocycles. The van der Waals surface area contributed by atoms with E-state index in [1.54, 1.807) is 4.90 Å². The fourth-order valence-electron chi connectivity index (χ4n) is 1.93. The summed E-state index contributed by atoms with van der Waals surface area (Å²) in [6.07, 6.45) is -0.127. The predicted octanol–water partition coefficient (Wildman–Crippen LogP) is 1.77. The molecule has 0 atom stereocenters. The minimum atomic E-state index is -1.23. The lowest BCUT2D eigenvalue weighted by Crippen LogP contribution is -2.33. The number of nitrogens with zero attached hydrogens (tertiary/aromatic N) is 1. The maximum absolute atomic E-state index is 11.1. The molecule has 0 fully saturated rings. The van der Waals surface area contributed by atoms with Gasteiger partial charge in [-0.05, 0) is 32.0 Å². The largest absolute Gasteiger partial charge is 0.481 e. The Labute approximate surface area is 121 Å². The molecule has 0 aliphatic carbocycles. The van der Waals surface area contributed by atoms with Crippen LogP contribution in [0.25, 0.3) is 0 Å². The summed E-state index contributed by atoms with van der Waals surface area (Å²) in [6.45, 7) is 3.79. The molecule has 0 saturated heterocycles. The number of rotatable bonds is 7. The third-order valence-electron chi connectivity index (χ3n) is 2.93. The molecule has 0 aliphatic rings. The number of benzene rings is 1. The van der Waals surface area contributed by atoms with Crippen LogP contribution < -0.4 is 4.90 Å². The van der Waals surface area contributed by atoms with Crippen LogP contribution in [-0.2, 0) is 4.79 Å². The topological polar surface area (TPSA) is 115 Å². The lowest BCUT2D eigenvalue weighted by atomic mass is 10.1. The first kappa shape index (κ1) is 16.5. The summed E-state index contributed by atoms with van der Waals surface area (Å²) in [5.74, 6) is -3.45. The predicted molar refractivity (Wildman–Crippen MR) is 75.1 cm³/mol. The van der Waals surface area contributed by atoms with Crippen molar-refractivity contribution in [2.24, 2.45) is 0 Å². The van der Waals surface area contributed by atoms with E-state index in [2.05, 4.69) is 0 Å². The fraction of sp³-hybridized carbons (Fsp3) is 0.357. The first-order valence-corrected chi connectivity index (χ1v) is 6.32. The minimum absolute atomic E-state index is 0.102. The highest BCUT2D eigenvalue weighted by Gasteiger charge is 2.17. The molecule has 0 unspecified atom stereocenters. The second kappa shape index (κ2) is 6.74. The third-order valence-corrected chi connectivity index (χ3v) is 2.93. The van der Waals surface area contributed by atoms with E-state index in [4.69, 9.17) is 15.3 Å². The molecule has 114 valence electrons. The zero-order valence-corrected chi connectivity index (χ0v) is 11.7. The Morgan fingerprint density at radius 2 is 1.48 bits per heavy atom. The van der Waals surface area contributed by atoms with E-state index in [1.165, 1.54) is 12.1 Å². The summed E-state index contributed by atoms with van der Waals surface area (Å²) < 4.78 is 0. The van der Waals surface area contributed by atoms with Gasteiger partial charge in [0, 0.05) is 18.3 Å². The van der Waals surface area contributed by atoms with Gasteiger partial charge in [-0.2, -0.15) is 0 Å². The highest BCUT2D eigenvalue weighted by molar-refractivity contribution is 5.95. The van der Waals surface area contributed by atoms with Crippen molar-refractivity contribution in [1.29, 1.82) is 0 Å². The molecule has 1 aromatic rings. The van der Waals surface area contributed by atoms with Gasteiger partial charge in [-0.25, -0.2) is 9.59 Å². The Bertz CT molecular complexity index is 534. The van der Waals surface area contributed by atoms with Crippen LogP contribution >= 0.6 is 0 Å². The van der Waals surface area contributed by atoms with Crippen molar-refractivity contribution in [2.75, 3.05) is 11.4 Å². The quantitative estimate of drug-likeness (QED) is 0.702. The number of aliphatic carboxylic acids is 1. The number of hydrogen-bond acceptors (Lipinski definition) is 4. The minimum Gasteiger partial charge on any atom is -0.481 e. The van der Waals surface area contributed by atoms with Gasteiger partial charge in [0.25, 0.3) is 0 Å². The Morgan fingerprint density at radius 1 is 1.00 bits per heavy atom. The van der Waals surface area contributed by atoms with E-state index >= 15 is 0 Å². The van der Waals surface area contributed by atoms with Gasteiger partial charge in [0.05, 0.1) is 17.5 Å². The van der Waals surface area contributed by atoms with Crippen molar-refractivity contribution in [3.05, 3.63) is 29.3 Å². The zero-order valence-electron chi connectivity index (χ0n) is 11.7. The summed E-state index contributed by atoms with van der Waals surface area (Å²) in [5.41, 5.74) is 0.0836. The maximum Gasteiger partial charge on any atom is 0.335 e. The molecule has 3 N–H and O–H groups in total. The van der Waals surface area contributed by atoms with Crippen LogP contribution in [0, 0.1) is 0 Å². The molecule has 1 aromatic carbocycles. The summed E-state index contributed by atoms with van der Waals surface area (Å²) in [7, 11) is 0. The van der Waals surface area contributed by atoms with Crippen LogP contribution in [0.2, 0.25) is 0 Å². The monoisotopic (exact) mass is 295 g/mol. The molecular weight excluding hydrogens is 278 g/mol. The molecule has 0 radical (unpaired) electrons. The Balaban J connectivity index is 3.25. The van der Waals surface area contributed by atoms with E-state index in [-0.39, 0.29) is 30.1 Å². The van der Waals surface area contributed by atoms with Gasteiger partial charge in [-0.3, -0.25) is 4.79 Å². The van der Waals surface area contributed by atoms with Crippen LogP contribution in [0.4, 0.5) is 5.69 Å². The molecule has 7 heteroatoms. The SMILES string of the molecule is CC(C)N(CCC(=O)O)c1cc(C(=O)O)cc(C(=O)O)c1. The first-order valence-electron chi connectivity index (χ1n) is 6.32. The van der Waals surface area contributed by atoms with Crippen molar-refractivity contribution in [3.63, 3.8) is 0 Å². The fourth-order valence-corrected chi connectivity index (χ4v) is 1.93. The molecule has 7 nitrogen and oxygen atoms in total. The van der Waals surface area contributed by atoms with E-state index < -0.39 is 17.9 Å². The molecule has 0 aromatic heterocycles. The highest BCUT2D eigenvalue weighted by atomic mass is 16.4. The van der Waals surface area contributed by atoms with Crippen LogP contribution in [0.15, 0.2) is 18.2 Å². The standard InChI is InChI=1S/C14H17NO6/c1-8(2)15(4-3-12(16)17)11-6-9(13(18)19)5-10(7-11)14(20)21/h5-8H,3-4H2,1-2H3,(H,16,17)(H,18,19)(H,20,21). The molecule has 0 bridgehead atoms. The van der Waals surface area contributed by atoms with Gasteiger partial charge >= 0.3 is 17.9 Å². The summed E-state index contributed by atoms with van der Waals surface area (Å²) in [6, 6.07) is 3.66. The smallest absolute Gasteiger partial charge is 0.335 e. The molecule has 0 heterocycles. The molecular formula is C14H17NO6. The van der Waals surface area contributed by atoms with E-state index in [9.17, 15) is 14.4 Å².